The van der Waals surface area contributed by atoms with Gasteiger partial charge < -0.3 is 5.32 Å². The molecule has 2 aliphatic carbocycles. The van der Waals surface area contributed by atoms with E-state index in [4.69, 9.17) is 0 Å². The van der Waals surface area contributed by atoms with E-state index in [9.17, 15) is 4.79 Å². The van der Waals surface area contributed by atoms with Gasteiger partial charge in [-0.05, 0) is 62.5 Å². The molecule has 0 saturated heterocycles. The number of nitrogens with zero attached hydrogens (tertiary/aromatic N) is 2. The van der Waals surface area contributed by atoms with Gasteiger partial charge in [0, 0.05) is 6.04 Å². The minimum absolute atomic E-state index is 0.0754. The molecular weight excluding hydrogens is 368 g/mol. The van der Waals surface area contributed by atoms with Crippen molar-refractivity contribution in [3.63, 3.8) is 0 Å². The summed E-state index contributed by atoms with van der Waals surface area (Å²) in [6.07, 6.45) is 9.27. The van der Waals surface area contributed by atoms with Gasteiger partial charge >= 0.3 is 0 Å². The number of aromatic nitrogens is 3. The van der Waals surface area contributed by atoms with Crippen molar-refractivity contribution in [1.82, 2.24) is 20.5 Å². The Morgan fingerprint density at radius 1 is 1.21 bits per heavy atom. The highest BCUT2D eigenvalue weighted by molar-refractivity contribution is 8.00. The van der Waals surface area contributed by atoms with Crippen molar-refractivity contribution in [2.45, 2.75) is 56.0 Å². The van der Waals surface area contributed by atoms with E-state index in [0.29, 0.717) is 16.9 Å². The van der Waals surface area contributed by atoms with E-state index in [2.05, 4.69) is 27.4 Å². The molecule has 0 spiro atoms. The standard InChI is InChI=1S/C22H28N4OS/c1-14(19-13-17-8-10-18(19)12-17)23-21(27)15(2)28-22-24-20(25-26-22)11-9-16-6-4-3-5-7-16/h3-7,9,11,14-15,17-19H,8,10,12-13H2,1-2H3,(H,23,27)(H,24,25,26)/b11-9+. The van der Waals surface area contributed by atoms with Crippen LogP contribution in [-0.2, 0) is 4.79 Å². The van der Waals surface area contributed by atoms with E-state index in [-0.39, 0.29) is 17.2 Å². The highest BCUT2D eigenvalue weighted by atomic mass is 32.2. The first kappa shape index (κ1) is 19.2. The third-order valence-electron chi connectivity index (χ3n) is 6.17. The van der Waals surface area contributed by atoms with Crippen molar-refractivity contribution in [3.05, 3.63) is 41.7 Å². The summed E-state index contributed by atoms with van der Waals surface area (Å²) in [5.41, 5.74) is 1.11. The van der Waals surface area contributed by atoms with Gasteiger partial charge in [0.1, 0.15) is 5.82 Å². The topological polar surface area (TPSA) is 70.7 Å². The van der Waals surface area contributed by atoms with Gasteiger partial charge in [-0.3, -0.25) is 9.89 Å². The highest BCUT2D eigenvalue weighted by Crippen LogP contribution is 2.49. The molecule has 2 fully saturated rings. The number of hydrogen-bond donors (Lipinski definition) is 2. The molecule has 1 aromatic heterocycles. The fourth-order valence-electron chi connectivity index (χ4n) is 4.69. The highest BCUT2D eigenvalue weighted by Gasteiger charge is 2.42. The largest absolute Gasteiger partial charge is 0.352 e. The molecule has 1 amide bonds. The van der Waals surface area contributed by atoms with Gasteiger partial charge in [-0.1, -0.05) is 54.6 Å². The Labute approximate surface area is 170 Å². The van der Waals surface area contributed by atoms with E-state index < -0.39 is 0 Å². The summed E-state index contributed by atoms with van der Waals surface area (Å²) in [6.45, 7) is 4.09. The zero-order valence-corrected chi connectivity index (χ0v) is 17.3. The number of hydrogen-bond acceptors (Lipinski definition) is 4. The van der Waals surface area contributed by atoms with Crippen LogP contribution in [0.15, 0.2) is 35.5 Å². The van der Waals surface area contributed by atoms with E-state index in [0.717, 1.165) is 17.4 Å². The number of carbonyl (C=O) groups is 1. The quantitative estimate of drug-likeness (QED) is 0.681. The molecule has 2 aromatic rings. The van der Waals surface area contributed by atoms with Crippen molar-refractivity contribution >= 4 is 29.8 Å². The second kappa shape index (κ2) is 8.52. The summed E-state index contributed by atoms with van der Waals surface area (Å²) in [4.78, 5) is 17.1. The summed E-state index contributed by atoms with van der Waals surface area (Å²) in [6, 6.07) is 10.3. The lowest BCUT2D eigenvalue weighted by Crippen LogP contribution is -2.43. The number of nitrogens with one attached hydrogen (secondary N) is 2. The predicted molar refractivity (Wildman–Crippen MR) is 114 cm³/mol. The predicted octanol–water partition coefficient (Wildman–Crippen LogP) is 4.40. The summed E-state index contributed by atoms with van der Waals surface area (Å²) < 4.78 is 0. The number of rotatable bonds is 7. The molecule has 2 saturated carbocycles. The maximum Gasteiger partial charge on any atom is 0.233 e. The van der Waals surface area contributed by atoms with Crippen LogP contribution in [0.2, 0.25) is 0 Å². The van der Waals surface area contributed by atoms with Crippen LogP contribution in [0.25, 0.3) is 12.2 Å². The molecule has 1 aromatic carbocycles. The fraction of sp³-hybridized carbons (Fsp3) is 0.500. The van der Waals surface area contributed by atoms with Gasteiger partial charge in [0.2, 0.25) is 11.1 Å². The molecule has 4 rings (SSSR count). The van der Waals surface area contributed by atoms with Crippen molar-refractivity contribution in [3.8, 4) is 0 Å². The average molecular weight is 397 g/mol. The van der Waals surface area contributed by atoms with Crippen LogP contribution in [0.4, 0.5) is 0 Å². The summed E-state index contributed by atoms with van der Waals surface area (Å²) in [7, 11) is 0. The average Bonchev–Trinajstić information content (AvgIpc) is 3.44. The van der Waals surface area contributed by atoms with E-state index in [1.807, 2.05) is 49.4 Å². The van der Waals surface area contributed by atoms with Gasteiger partial charge in [0.05, 0.1) is 5.25 Å². The second-order valence-electron chi connectivity index (χ2n) is 8.14. The lowest BCUT2D eigenvalue weighted by molar-refractivity contribution is -0.121. The zero-order chi connectivity index (χ0) is 19.5. The third-order valence-corrected chi connectivity index (χ3v) is 7.13. The fourth-order valence-corrected chi connectivity index (χ4v) is 5.43. The molecule has 148 valence electrons. The van der Waals surface area contributed by atoms with Crippen LogP contribution in [-0.4, -0.2) is 32.4 Å². The molecule has 0 aliphatic heterocycles. The lowest BCUT2D eigenvalue weighted by Gasteiger charge is -2.29. The Morgan fingerprint density at radius 3 is 2.75 bits per heavy atom. The first-order valence-electron chi connectivity index (χ1n) is 10.2. The molecule has 28 heavy (non-hydrogen) atoms. The summed E-state index contributed by atoms with van der Waals surface area (Å²) >= 11 is 1.39. The molecule has 0 radical (unpaired) electrons. The molecule has 5 atom stereocenters. The van der Waals surface area contributed by atoms with Gasteiger partial charge in [0.15, 0.2) is 0 Å². The van der Waals surface area contributed by atoms with E-state index >= 15 is 0 Å². The minimum atomic E-state index is -0.220. The van der Waals surface area contributed by atoms with Crippen molar-refractivity contribution in [2.24, 2.45) is 17.8 Å². The number of fused-ring (bicyclic) bond motifs is 2. The Balaban J connectivity index is 1.28. The van der Waals surface area contributed by atoms with E-state index in [1.165, 1.54) is 37.4 Å². The Bertz CT molecular complexity index is 834. The molecule has 5 unspecified atom stereocenters. The molecule has 5 nitrogen and oxygen atoms in total. The molecule has 6 heteroatoms. The number of thioether (sulfide) groups is 1. The molecule has 2 N–H and O–H groups in total. The van der Waals surface area contributed by atoms with Gasteiger partial charge in [-0.25, -0.2) is 4.98 Å². The van der Waals surface area contributed by atoms with Crippen molar-refractivity contribution < 1.29 is 4.79 Å². The van der Waals surface area contributed by atoms with E-state index in [1.54, 1.807) is 0 Å². The molecule has 2 bridgehead atoms. The van der Waals surface area contributed by atoms with Crippen molar-refractivity contribution in [1.29, 1.82) is 0 Å². The van der Waals surface area contributed by atoms with Gasteiger partial charge in [-0.15, -0.1) is 5.10 Å². The van der Waals surface area contributed by atoms with Crippen molar-refractivity contribution in [2.75, 3.05) is 0 Å². The smallest absolute Gasteiger partial charge is 0.233 e. The number of amides is 1. The van der Waals surface area contributed by atoms with Crippen LogP contribution in [0, 0.1) is 17.8 Å². The minimum Gasteiger partial charge on any atom is -0.352 e. The van der Waals surface area contributed by atoms with Crippen LogP contribution in [0.3, 0.4) is 0 Å². The van der Waals surface area contributed by atoms with Crippen LogP contribution in [0.5, 0.6) is 0 Å². The molecule has 1 heterocycles. The molecular formula is C22H28N4OS. The van der Waals surface area contributed by atoms with Gasteiger partial charge in [-0.2, -0.15) is 0 Å². The number of aromatic amines is 1. The van der Waals surface area contributed by atoms with Gasteiger partial charge in [0.25, 0.3) is 0 Å². The first-order valence-corrected chi connectivity index (χ1v) is 11.1. The summed E-state index contributed by atoms with van der Waals surface area (Å²) in [5.74, 6) is 3.13. The molecule has 2 aliphatic rings. The first-order chi connectivity index (χ1) is 13.6. The maximum absolute atomic E-state index is 12.6. The third kappa shape index (κ3) is 4.49. The Kier molecular flexibility index (Phi) is 5.85. The Morgan fingerprint density at radius 2 is 2.04 bits per heavy atom. The Hall–Kier alpha value is -2.08. The van der Waals surface area contributed by atoms with Crippen LogP contribution in [0.1, 0.15) is 50.9 Å². The number of H-pyrrole nitrogens is 1. The normalized spacial score (nSPS) is 25.9. The number of carbonyl (C=O) groups excluding carboxylic acids is 1. The zero-order valence-electron chi connectivity index (χ0n) is 16.5. The van der Waals surface area contributed by atoms with Crippen LogP contribution >= 0.6 is 11.8 Å². The number of benzene rings is 1. The second-order valence-corrected chi connectivity index (χ2v) is 9.45. The SMILES string of the molecule is CC(Sc1n[nH]c(/C=C/c2ccccc2)n1)C(=O)NC(C)C1CC2CCC1C2. The monoisotopic (exact) mass is 396 g/mol. The maximum atomic E-state index is 12.6. The summed E-state index contributed by atoms with van der Waals surface area (Å²) in [5, 5.41) is 10.8. The lowest BCUT2D eigenvalue weighted by atomic mass is 9.84. The van der Waals surface area contributed by atoms with Crippen LogP contribution < -0.4 is 5.32 Å².